The van der Waals surface area contributed by atoms with Gasteiger partial charge in [0.2, 0.25) is 0 Å². The summed E-state index contributed by atoms with van der Waals surface area (Å²) in [4.78, 5) is 12.0. The first-order valence-corrected chi connectivity index (χ1v) is 9.76. The molecule has 2 unspecified atom stereocenters. The largest absolute Gasteiger partial charge is 0.462 e. The van der Waals surface area contributed by atoms with E-state index in [4.69, 9.17) is 9.29 Å². The summed E-state index contributed by atoms with van der Waals surface area (Å²) in [6.45, 7) is 7.68. The Hall–Kier alpha value is -0.800. The smallest absolute Gasteiger partial charge is 0.306 e. The highest BCUT2D eigenvalue weighted by atomic mass is 32.2. The van der Waals surface area contributed by atoms with Crippen LogP contribution in [0.3, 0.4) is 0 Å². The quantitative estimate of drug-likeness (QED) is 0.339. The van der Waals surface area contributed by atoms with Crippen LogP contribution in [0.4, 0.5) is 0 Å². The molecule has 1 rings (SSSR count). The van der Waals surface area contributed by atoms with Crippen molar-refractivity contribution in [2.45, 2.75) is 89.5 Å². The average molecular weight is 378 g/mol. The predicted octanol–water partition coefficient (Wildman–Crippen LogP) is 2.60. The number of piperidine rings is 1. The van der Waals surface area contributed by atoms with Crippen molar-refractivity contribution in [2.24, 2.45) is 0 Å². The van der Waals surface area contributed by atoms with Gasteiger partial charge in [-0.15, -0.1) is 0 Å². The fraction of sp³-hybridized carbons (Fsp3) is 0.824. The van der Waals surface area contributed by atoms with Crippen molar-refractivity contribution in [2.75, 3.05) is 0 Å². The summed E-state index contributed by atoms with van der Waals surface area (Å²) in [5.41, 5.74) is -0.925. The minimum atomic E-state index is -2.06. The van der Waals surface area contributed by atoms with E-state index in [0.29, 0.717) is 32.1 Å². The lowest BCUT2D eigenvalue weighted by Gasteiger charge is -2.50. The molecule has 2 atom stereocenters. The number of aliphatic hydroxyl groups is 1. The lowest BCUT2D eigenvalue weighted by atomic mass is 9.80. The second-order valence-corrected chi connectivity index (χ2v) is 8.70. The molecule has 1 saturated heterocycles. The normalized spacial score (nSPS) is 23.5. The second-order valence-electron chi connectivity index (χ2n) is 7.87. The molecular formula is C17H31NO6S. The molecule has 0 bridgehead atoms. The number of hydrogen-bond acceptors (Lipinski definition) is 6. The van der Waals surface area contributed by atoms with Crippen molar-refractivity contribution in [3.05, 3.63) is 11.5 Å². The van der Waals surface area contributed by atoms with Gasteiger partial charge in [-0.05, 0) is 53.0 Å². The van der Waals surface area contributed by atoms with Gasteiger partial charge in [-0.1, -0.05) is 0 Å². The standard InChI is InChI=1S/C17H31NO6S/c1-16(2)11-14(12-17(3,4)18(16)21)24-15(20)8-6-5-7-13(19)9-10-25(22)23/h9-10,13-14,19,21H,5-8,11-12H2,1-4H3,(H,22,23)/b10-9+. The minimum Gasteiger partial charge on any atom is -0.462 e. The molecule has 0 spiro atoms. The third-order valence-corrected chi connectivity index (χ3v) is 4.84. The van der Waals surface area contributed by atoms with E-state index >= 15 is 0 Å². The second kappa shape index (κ2) is 9.23. The molecule has 3 N–H and O–H groups in total. The third kappa shape index (κ3) is 7.53. The van der Waals surface area contributed by atoms with Crippen molar-refractivity contribution in [1.82, 2.24) is 5.06 Å². The van der Waals surface area contributed by atoms with Crippen LogP contribution in [-0.2, 0) is 20.6 Å². The molecule has 8 heteroatoms. The Labute approximate surface area is 152 Å². The molecule has 0 aromatic rings. The van der Waals surface area contributed by atoms with E-state index < -0.39 is 28.3 Å². The zero-order valence-corrected chi connectivity index (χ0v) is 16.3. The third-order valence-electron chi connectivity index (χ3n) is 4.45. The number of esters is 1. The average Bonchev–Trinajstić information content (AvgIpc) is 2.46. The fourth-order valence-corrected chi connectivity index (χ4v) is 3.70. The SMILES string of the molecule is CC1(C)CC(OC(=O)CCCCC(O)/C=C/S(=O)O)CC(C)(C)N1O. The molecule has 0 radical (unpaired) electrons. The van der Waals surface area contributed by atoms with E-state index in [1.807, 2.05) is 27.7 Å². The number of ether oxygens (including phenoxy) is 1. The molecule has 0 aliphatic carbocycles. The number of hydroxylamine groups is 2. The molecule has 1 aliphatic heterocycles. The lowest BCUT2D eigenvalue weighted by Crippen LogP contribution is -2.60. The summed E-state index contributed by atoms with van der Waals surface area (Å²) >= 11 is -2.06. The van der Waals surface area contributed by atoms with Gasteiger partial charge in [-0.2, -0.15) is 5.06 Å². The summed E-state index contributed by atoms with van der Waals surface area (Å²) in [6.07, 6.45) is 3.29. The number of unbranched alkanes of at least 4 members (excludes halogenated alkanes) is 1. The van der Waals surface area contributed by atoms with E-state index in [2.05, 4.69) is 0 Å². The van der Waals surface area contributed by atoms with Gasteiger partial charge in [-0.3, -0.25) is 4.79 Å². The molecule has 7 nitrogen and oxygen atoms in total. The van der Waals surface area contributed by atoms with Crippen molar-refractivity contribution in [3.8, 4) is 0 Å². The van der Waals surface area contributed by atoms with Gasteiger partial charge in [0.1, 0.15) is 6.10 Å². The molecule has 146 valence electrons. The van der Waals surface area contributed by atoms with Crippen LogP contribution in [0.1, 0.15) is 66.2 Å². The van der Waals surface area contributed by atoms with Gasteiger partial charge in [0.05, 0.1) is 6.10 Å². The van der Waals surface area contributed by atoms with Crippen LogP contribution in [0.2, 0.25) is 0 Å². The molecule has 1 aliphatic rings. The summed E-state index contributed by atoms with van der Waals surface area (Å²) < 4.78 is 24.6. The first kappa shape index (κ1) is 22.2. The summed E-state index contributed by atoms with van der Waals surface area (Å²) in [6, 6.07) is 0. The van der Waals surface area contributed by atoms with Crippen LogP contribution < -0.4 is 0 Å². The van der Waals surface area contributed by atoms with E-state index in [1.165, 1.54) is 11.1 Å². The maximum Gasteiger partial charge on any atom is 0.306 e. The Morgan fingerprint density at radius 1 is 1.28 bits per heavy atom. The Kier molecular flexibility index (Phi) is 8.21. The van der Waals surface area contributed by atoms with Gasteiger partial charge in [0.15, 0.2) is 11.1 Å². The Balaban J connectivity index is 2.34. The summed E-state index contributed by atoms with van der Waals surface area (Å²) in [5, 5.41) is 22.2. The fourth-order valence-electron chi connectivity index (χ4n) is 3.38. The zero-order valence-electron chi connectivity index (χ0n) is 15.5. The maximum absolute atomic E-state index is 12.0. The molecule has 0 aromatic carbocycles. The number of rotatable bonds is 8. The van der Waals surface area contributed by atoms with Gasteiger partial charge < -0.3 is 19.6 Å². The van der Waals surface area contributed by atoms with Gasteiger partial charge in [0.25, 0.3) is 0 Å². The van der Waals surface area contributed by atoms with E-state index in [-0.39, 0.29) is 18.5 Å². The van der Waals surface area contributed by atoms with Crippen LogP contribution in [0.5, 0.6) is 0 Å². The monoisotopic (exact) mass is 377 g/mol. The molecule has 0 amide bonds. The molecule has 0 saturated carbocycles. The molecular weight excluding hydrogens is 346 g/mol. The number of hydrogen-bond donors (Lipinski definition) is 3. The summed E-state index contributed by atoms with van der Waals surface area (Å²) in [5.74, 6) is -0.274. The number of nitrogens with zero attached hydrogens (tertiary/aromatic N) is 1. The highest BCUT2D eigenvalue weighted by Gasteiger charge is 2.46. The molecule has 1 heterocycles. The first-order valence-electron chi connectivity index (χ1n) is 8.59. The predicted molar refractivity (Wildman–Crippen MR) is 95.3 cm³/mol. The molecule has 25 heavy (non-hydrogen) atoms. The lowest BCUT2D eigenvalue weighted by molar-refractivity contribution is -0.259. The summed E-state index contributed by atoms with van der Waals surface area (Å²) in [7, 11) is 0. The van der Waals surface area contributed by atoms with Gasteiger partial charge in [0, 0.05) is 35.7 Å². The molecule has 1 fully saturated rings. The number of aliphatic hydroxyl groups excluding tert-OH is 1. The first-order chi connectivity index (χ1) is 11.4. The zero-order chi connectivity index (χ0) is 19.3. The van der Waals surface area contributed by atoms with Crippen molar-refractivity contribution in [1.29, 1.82) is 0 Å². The topological polar surface area (TPSA) is 107 Å². The van der Waals surface area contributed by atoms with Crippen LogP contribution in [-0.4, -0.2) is 53.4 Å². The van der Waals surface area contributed by atoms with Crippen LogP contribution in [0.15, 0.2) is 11.5 Å². The van der Waals surface area contributed by atoms with E-state index in [1.54, 1.807) is 0 Å². The van der Waals surface area contributed by atoms with Crippen LogP contribution in [0.25, 0.3) is 0 Å². The highest BCUT2D eigenvalue weighted by Crippen LogP contribution is 2.38. The van der Waals surface area contributed by atoms with Gasteiger partial charge in [-0.25, -0.2) is 4.21 Å². The van der Waals surface area contributed by atoms with Crippen molar-refractivity contribution >= 4 is 17.0 Å². The van der Waals surface area contributed by atoms with Gasteiger partial charge >= 0.3 is 5.97 Å². The Bertz CT molecular complexity index is 487. The van der Waals surface area contributed by atoms with Crippen molar-refractivity contribution < 1.29 is 28.6 Å². The number of carbonyl (C=O) groups excluding carboxylic acids is 1. The molecule has 0 aromatic heterocycles. The van der Waals surface area contributed by atoms with Crippen LogP contribution in [0, 0.1) is 0 Å². The van der Waals surface area contributed by atoms with Crippen molar-refractivity contribution in [3.63, 3.8) is 0 Å². The number of carbonyl (C=O) groups is 1. The van der Waals surface area contributed by atoms with Crippen LogP contribution >= 0.6 is 0 Å². The Morgan fingerprint density at radius 3 is 2.36 bits per heavy atom. The highest BCUT2D eigenvalue weighted by molar-refractivity contribution is 7.82. The maximum atomic E-state index is 12.0. The minimum absolute atomic E-state index is 0.228. The van der Waals surface area contributed by atoms with E-state index in [0.717, 1.165) is 5.41 Å². The van der Waals surface area contributed by atoms with E-state index in [9.17, 15) is 19.3 Å². The Morgan fingerprint density at radius 2 is 1.84 bits per heavy atom.